The van der Waals surface area contributed by atoms with Crippen molar-refractivity contribution >= 4 is 11.6 Å². The molecule has 0 saturated carbocycles. The lowest BCUT2D eigenvalue weighted by Crippen LogP contribution is -2.14. The fraction of sp³-hybridized carbons (Fsp3) is 0.609. The van der Waals surface area contributed by atoms with Crippen molar-refractivity contribution in [1.29, 1.82) is 0 Å². The minimum Gasteiger partial charge on any atom is -0.475 e. The van der Waals surface area contributed by atoms with Gasteiger partial charge in [0.15, 0.2) is 5.82 Å². The van der Waals surface area contributed by atoms with Crippen LogP contribution in [0.2, 0.25) is 0 Å². The fourth-order valence-electron chi connectivity index (χ4n) is 3.25. The highest BCUT2D eigenvalue weighted by Gasteiger charge is 2.19. The number of pyridine rings is 1. The van der Waals surface area contributed by atoms with Crippen molar-refractivity contribution in [1.82, 2.24) is 15.0 Å². The Bertz CT molecular complexity index is 804. The van der Waals surface area contributed by atoms with Crippen LogP contribution in [0.3, 0.4) is 0 Å². The van der Waals surface area contributed by atoms with Crippen LogP contribution >= 0.6 is 0 Å². The van der Waals surface area contributed by atoms with Crippen LogP contribution in [-0.2, 0) is 12.8 Å². The minimum atomic E-state index is 0.337. The molecule has 2 heterocycles. The molecule has 0 fully saturated rings. The monoisotopic (exact) mass is 399 g/mol. The fourth-order valence-corrected chi connectivity index (χ4v) is 3.25. The van der Waals surface area contributed by atoms with Crippen molar-refractivity contribution in [3.63, 3.8) is 0 Å². The van der Waals surface area contributed by atoms with E-state index in [2.05, 4.69) is 51.3 Å². The summed E-state index contributed by atoms with van der Waals surface area (Å²) in [6.45, 7) is 13.4. The highest BCUT2D eigenvalue weighted by Crippen LogP contribution is 2.32. The van der Waals surface area contributed by atoms with Crippen molar-refractivity contribution in [2.75, 3.05) is 24.3 Å². The molecule has 0 atom stereocenters. The molecule has 2 rings (SSSR count). The van der Waals surface area contributed by atoms with Gasteiger partial charge in [-0.05, 0) is 51.7 Å². The number of aromatic nitrogens is 3. The Labute approximate surface area is 175 Å². The zero-order valence-corrected chi connectivity index (χ0v) is 19.1. The molecule has 160 valence electrons. The summed E-state index contributed by atoms with van der Waals surface area (Å²) in [7, 11) is 1.86. The van der Waals surface area contributed by atoms with E-state index < -0.39 is 0 Å². The van der Waals surface area contributed by atoms with Crippen molar-refractivity contribution < 1.29 is 4.74 Å². The topological polar surface area (TPSA) is 72.0 Å². The van der Waals surface area contributed by atoms with E-state index in [-0.39, 0.29) is 0 Å². The molecule has 0 saturated heterocycles. The summed E-state index contributed by atoms with van der Waals surface area (Å²) in [5, 5.41) is 6.61. The second-order valence-corrected chi connectivity index (χ2v) is 7.61. The molecule has 0 spiro atoms. The number of rotatable bonds is 11. The number of aryl methyl sites for hydroxylation is 3. The van der Waals surface area contributed by atoms with E-state index in [0.717, 1.165) is 54.1 Å². The van der Waals surface area contributed by atoms with Gasteiger partial charge in [-0.1, -0.05) is 33.6 Å². The van der Waals surface area contributed by atoms with Gasteiger partial charge in [0.05, 0.1) is 18.0 Å². The average Bonchev–Trinajstić information content (AvgIpc) is 2.70. The minimum absolute atomic E-state index is 0.337. The van der Waals surface area contributed by atoms with Crippen LogP contribution in [-0.4, -0.2) is 34.6 Å². The first-order valence-electron chi connectivity index (χ1n) is 10.9. The van der Waals surface area contributed by atoms with Crippen molar-refractivity contribution in [3.8, 4) is 17.1 Å². The van der Waals surface area contributed by atoms with Crippen molar-refractivity contribution in [2.24, 2.45) is 0 Å². The quantitative estimate of drug-likeness (QED) is 0.493. The van der Waals surface area contributed by atoms with E-state index in [1.807, 2.05) is 14.0 Å². The third-order valence-corrected chi connectivity index (χ3v) is 4.85. The first kappa shape index (κ1) is 22.9. The summed E-state index contributed by atoms with van der Waals surface area (Å²) in [6.07, 6.45) is 5.03. The van der Waals surface area contributed by atoms with Gasteiger partial charge in [0.25, 0.3) is 5.88 Å². The second kappa shape index (κ2) is 11.0. The predicted molar refractivity (Wildman–Crippen MR) is 122 cm³/mol. The first-order valence-corrected chi connectivity index (χ1v) is 10.9. The molecular weight excluding hydrogens is 362 g/mol. The van der Waals surface area contributed by atoms with Crippen LogP contribution in [0.1, 0.15) is 70.8 Å². The number of nitrogens with zero attached hydrogens (tertiary/aromatic N) is 3. The van der Waals surface area contributed by atoms with Crippen LogP contribution < -0.4 is 15.4 Å². The predicted octanol–water partition coefficient (Wildman–Crippen LogP) is 5.40. The maximum atomic E-state index is 5.94. The number of unbranched alkanes of at least 4 members (excludes halogenated alkanes) is 2. The smallest absolute Gasteiger partial charge is 0.257 e. The van der Waals surface area contributed by atoms with Crippen molar-refractivity contribution in [2.45, 2.75) is 79.7 Å². The van der Waals surface area contributed by atoms with E-state index in [4.69, 9.17) is 19.7 Å². The highest BCUT2D eigenvalue weighted by molar-refractivity contribution is 5.70. The first-order chi connectivity index (χ1) is 13.9. The van der Waals surface area contributed by atoms with Gasteiger partial charge < -0.3 is 15.4 Å². The van der Waals surface area contributed by atoms with Crippen LogP contribution in [0.15, 0.2) is 6.07 Å². The maximum Gasteiger partial charge on any atom is 0.257 e. The molecule has 0 bridgehead atoms. The molecule has 29 heavy (non-hydrogen) atoms. The molecule has 0 radical (unpaired) electrons. The molecule has 2 aromatic heterocycles. The molecule has 6 nitrogen and oxygen atoms in total. The maximum absolute atomic E-state index is 5.94. The third-order valence-electron chi connectivity index (χ3n) is 4.85. The van der Waals surface area contributed by atoms with Crippen molar-refractivity contribution in [3.05, 3.63) is 23.0 Å². The second-order valence-electron chi connectivity index (χ2n) is 7.61. The zero-order valence-electron chi connectivity index (χ0n) is 19.1. The van der Waals surface area contributed by atoms with E-state index in [9.17, 15) is 0 Å². The van der Waals surface area contributed by atoms with Gasteiger partial charge in [-0.2, -0.15) is 0 Å². The lowest BCUT2D eigenvalue weighted by atomic mass is 10.0. The van der Waals surface area contributed by atoms with E-state index >= 15 is 0 Å². The van der Waals surface area contributed by atoms with Crippen LogP contribution in [0.25, 0.3) is 11.3 Å². The number of anilines is 2. The van der Waals surface area contributed by atoms with Gasteiger partial charge in [-0.25, -0.2) is 15.0 Å². The molecule has 6 heteroatoms. The van der Waals surface area contributed by atoms with Crippen LogP contribution in [0.4, 0.5) is 11.6 Å². The Morgan fingerprint density at radius 1 is 1.00 bits per heavy atom. The Kier molecular flexibility index (Phi) is 8.68. The highest BCUT2D eigenvalue weighted by atomic mass is 16.5. The molecule has 0 aliphatic heterocycles. The lowest BCUT2D eigenvalue weighted by molar-refractivity contribution is 0.294. The van der Waals surface area contributed by atoms with Gasteiger partial charge in [-0.3, -0.25) is 0 Å². The standard InChI is InChI=1S/C23H37N5O/c1-8-11-12-13-29-23-22(24-7)28-20(19(10-3)27-23)18-14-17(9-2)21(25-15(4)5)26-16(18)6/h14-15H,8-13H2,1-7H3,(H,24,28)(H,25,26). The number of ether oxygens (including phenoxy) is 1. The zero-order chi connectivity index (χ0) is 21.4. The summed E-state index contributed by atoms with van der Waals surface area (Å²) in [5.74, 6) is 2.22. The molecule has 0 aliphatic rings. The van der Waals surface area contributed by atoms with Gasteiger partial charge in [0, 0.05) is 24.3 Å². The Hall–Kier alpha value is -2.37. The summed E-state index contributed by atoms with van der Waals surface area (Å²) in [5.41, 5.74) is 5.00. The summed E-state index contributed by atoms with van der Waals surface area (Å²) in [4.78, 5) is 14.6. The van der Waals surface area contributed by atoms with Crippen LogP contribution in [0.5, 0.6) is 5.88 Å². The lowest BCUT2D eigenvalue weighted by Gasteiger charge is -2.18. The Balaban J connectivity index is 2.47. The van der Waals surface area contributed by atoms with Gasteiger partial charge in [0.1, 0.15) is 5.82 Å². The van der Waals surface area contributed by atoms with E-state index in [1.165, 1.54) is 12.0 Å². The summed E-state index contributed by atoms with van der Waals surface area (Å²) in [6, 6.07) is 2.54. The normalized spacial score (nSPS) is 11.0. The molecule has 0 aromatic carbocycles. The molecule has 2 N–H and O–H groups in total. The van der Waals surface area contributed by atoms with Gasteiger partial charge in [0.2, 0.25) is 0 Å². The number of nitrogens with one attached hydrogen (secondary N) is 2. The van der Waals surface area contributed by atoms with E-state index in [0.29, 0.717) is 24.3 Å². The Morgan fingerprint density at radius 2 is 1.76 bits per heavy atom. The molecular formula is C23H37N5O. The molecule has 0 amide bonds. The summed E-state index contributed by atoms with van der Waals surface area (Å²) < 4.78 is 5.94. The average molecular weight is 400 g/mol. The molecule has 0 aliphatic carbocycles. The summed E-state index contributed by atoms with van der Waals surface area (Å²) >= 11 is 0. The van der Waals surface area contributed by atoms with Gasteiger partial charge in [-0.15, -0.1) is 0 Å². The van der Waals surface area contributed by atoms with Crippen LogP contribution in [0, 0.1) is 6.92 Å². The number of hydrogen-bond acceptors (Lipinski definition) is 6. The largest absolute Gasteiger partial charge is 0.475 e. The molecule has 0 unspecified atom stereocenters. The third kappa shape index (κ3) is 5.81. The Morgan fingerprint density at radius 3 is 2.34 bits per heavy atom. The SMILES string of the molecule is CCCCCOc1nc(CC)c(-c2cc(CC)c(NC(C)C)nc2C)nc1NC. The van der Waals surface area contributed by atoms with Gasteiger partial charge >= 0.3 is 0 Å². The molecule has 2 aromatic rings. The number of hydrogen-bond donors (Lipinski definition) is 2. The van der Waals surface area contributed by atoms with E-state index in [1.54, 1.807) is 0 Å².